The highest BCUT2D eigenvalue weighted by Crippen LogP contribution is 2.30. The molecule has 3 aliphatic rings. The van der Waals surface area contributed by atoms with Gasteiger partial charge >= 0.3 is 0 Å². The van der Waals surface area contributed by atoms with Crippen LogP contribution in [-0.2, 0) is 14.3 Å². The van der Waals surface area contributed by atoms with Crippen LogP contribution in [0.4, 0.5) is 0 Å². The zero-order valence-corrected chi connectivity index (χ0v) is 15.5. The lowest BCUT2D eigenvalue weighted by atomic mass is 9.83. The Morgan fingerprint density at radius 1 is 1.04 bits per heavy atom. The van der Waals surface area contributed by atoms with E-state index in [1.165, 1.54) is 6.42 Å². The summed E-state index contributed by atoms with van der Waals surface area (Å²) >= 11 is 0. The molecule has 0 aromatic carbocycles. The van der Waals surface area contributed by atoms with Gasteiger partial charge in [-0.05, 0) is 44.6 Å². The van der Waals surface area contributed by atoms with Gasteiger partial charge in [0, 0.05) is 51.7 Å². The van der Waals surface area contributed by atoms with Gasteiger partial charge in [0.2, 0.25) is 11.8 Å². The minimum absolute atomic E-state index is 0.0800. The number of carbonyl (C=O) groups excluding carboxylic acids is 2. The standard InChI is InChI=1S/C19H33N3O3/c1-25-12-11-21-8-5-15(14-21)13-20-18(23)16-6-9-22(10-7-16)19(24)17-3-2-4-17/h15-17H,2-14H2,1H3,(H,20,23)/t15-/m1/s1. The number of ether oxygens (including phenoxy) is 1. The molecule has 2 saturated heterocycles. The summed E-state index contributed by atoms with van der Waals surface area (Å²) in [5.74, 6) is 1.42. The highest BCUT2D eigenvalue weighted by Gasteiger charge is 2.33. The van der Waals surface area contributed by atoms with Crippen LogP contribution in [0.25, 0.3) is 0 Å². The van der Waals surface area contributed by atoms with Crippen molar-refractivity contribution in [3.63, 3.8) is 0 Å². The molecule has 2 amide bonds. The predicted molar refractivity (Wildman–Crippen MR) is 96.1 cm³/mol. The normalized spacial score (nSPS) is 25.8. The summed E-state index contributed by atoms with van der Waals surface area (Å²) in [6, 6.07) is 0. The SMILES string of the molecule is COCCN1CC[C@H](CNC(=O)C2CCN(C(=O)C3CCC3)CC2)C1. The maximum Gasteiger partial charge on any atom is 0.225 e. The van der Waals surface area contributed by atoms with Crippen molar-refractivity contribution in [1.82, 2.24) is 15.1 Å². The number of nitrogens with zero attached hydrogens (tertiary/aromatic N) is 2. The van der Waals surface area contributed by atoms with E-state index in [1.54, 1.807) is 7.11 Å². The van der Waals surface area contributed by atoms with Crippen molar-refractivity contribution in [2.24, 2.45) is 17.8 Å². The summed E-state index contributed by atoms with van der Waals surface area (Å²) in [4.78, 5) is 29.1. The second-order valence-corrected chi connectivity index (χ2v) is 7.92. The van der Waals surface area contributed by atoms with E-state index in [-0.39, 0.29) is 17.7 Å². The molecular formula is C19H33N3O3. The number of rotatable bonds is 7. The Balaban J connectivity index is 1.32. The molecule has 1 N–H and O–H groups in total. The van der Waals surface area contributed by atoms with Gasteiger partial charge in [0.25, 0.3) is 0 Å². The highest BCUT2D eigenvalue weighted by atomic mass is 16.5. The van der Waals surface area contributed by atoms with E-state index in [1.807, 2.05) is 4.90 Å². The summed E-state index contributed by atoms with van der Waals surface area (Å²) in [6.45, 7) is 6.20. The van der Waals surface area contributed by atoms with Crippen LogP contribution in [0.2, 0.25) is 0 Å². The lowest BCUT2D eigenvalue weighted by molar-refractivity contribution is -0.141. The fourth-order valence-corrected chi connectivity index (χ4v) is 4.17. The molecule has 0 bridgehead atoms. The smallest absolute Gasteiger partial charge is 0.225 e. The lowest BCUT2D eigenvalue weighted by Gasteiger charge is -2.36. The van der Waals surface area contributed by atoms with E-state index in [2.05, 4.69) is 10.2 Å². The molecule has 0 radical (unpaired) electrons. The maximum atomic E-state index is 12.4. The van der Waals surface area contributed by atoms with Gasteiger partial charge < -0.3 is 19.9 Å². The molecule has 0 aromatic heterocycles. The van der Waals surface area contributed by atoms with Gasteiger partial charge in [-0.2, -0.15) is 0 Å². The number of amides is 2. The van der Waals surface area contributed by atoms with Gasteiger partial charge in [-0.3, -0.25) is 9.59 Å². The van der Waals surface area contributed by atoms with Gasteiger partial charge in [0.05, 0.1) is 6.61 Å². The first-order chi connectivity index (χ1) is 12.2. The summed E-state index contributed by atoms with van der Waals surface area (Å²) in [7, 11) is 1.73. The largest absolute Gasteiger partial charge is 0.383 e. The lowest BCUT2D eigenvalue weighted by Crippen LogP contribution is -2.46. The van der Waals surface area contributed by atoms with Crippen molar-refractivity contribution >= 4 is 11.8 Å². The van der Waals surface area contributed by atoms with Crippen LogP contribution in [-0.4, -0.2) is 74.6 Å². The molecule has 6 heteroatoms. The molecule has 1 aliphatic carbocycles. The highest BCUT2D eigenvalue weighted by molar-refractivity contribution is 5.81. The molecule has 0 spiro atoms. The van der Waals surface area contributed by atoms with Gasteiger partial charge in [0.15, 0.2) is 0 Å². The van der Waals surface area contributed by atoms with Gasteiger partial charge in [-0.25, -0.2) is 0 Å². The molecule has 3 rings (SSSR count). The van der Waals surface area contributed by atoms with Gasteiger partial charge in [0.1, 0.15) is 0 Å². The Labute approximate surface area is 151 Å². The average Bonchev–Trinajstić information content (AvgIpc) is 3.04. The van der Waals surface area contributed by atoms with E-state index in [0.717, 1.165) is 78.0 Å². The van der Waals surface area contributed by atoms with Crippen molar-refractivity contribution < 1.29 is 14.3 Å². The van der Waals surface area contributed by atoms with E-state index in [4.69, 9.17) is 4.74 Å². The van der Waals surface area contributed by atoms with Crippen molar-refractivity contribution in [3.05, 3.63) is 0 Å². The first-order valence-electron chi connectivity index (χ1n) is 9.95. The zero-order chi connectivity index (χ0) is 17.6. The third-order valence-electron chi connectivity index (χ3n) is 6.18. The summed E-state index contributed by atoms with van der Waals surface area (Å²) in [6.07, 6.45) is 6.09. The molecule has 25 heavy (non-hydrogen) atoms. The van der Waals surface area contributed by atoms with Crippen LogP contribution in [0.1, 0.15) is 38.5 Å². The second kappa shape index (κ2) is 8.99. The molecule has 2 heterocycles. The number of methoxy groups -OCH3 is 1. The minimum atomic E-state index is 0.0800. The van der Waals surface area contributed by atoms with Crippen LogP contribution in [0.5, 0.6) is 0 Å². The predicted octanol–water partition coefficient (Wildman–Crippen LogP) is 1.11. The Morgan fingerprint density at radius 2 is 1.80 bits per heavy atom. The van der Waals surface area contributed by atoms with Crippen molar-refractivity contribution in [2.75, 3.05) is 53.0 Å². The number of nitrogens with one attached hydrogen (secondary N) is 1. The average molecular weight is 351 g/mol. The van der Waals surface area contributed by atoms with Crippen LogP contribution in [0.15, 0.2) is 0 Å². The van der Waals surface area contributed by atoms with E-state index in [9.17, 15) is 9.59 Å². The third-order valence-corrected chi connectivity index (χ3v) is 6.18. The first-order valence-corrected chi connectivity index (χ1v) is 9.95. The Kier molecular flexibility index (Phi) is 6.70. The quantitative estimate of drug-likeness (QED) is 0.746. The van der Waals surface area contributed by atoms with Crippen molar-refractivity contribution in [3.8, 4) is 0 Å². The Morgan fingerprint density at radius 3 is 2.44 bits per heavy atom. The monoisotopic (exact) mass is 351 g/mol. The fourth-order valence-electron chi connectivity index (χ4n) is 4.17. The first kappa shape index (κ1) is 18.6. The second-order valence-electron chi connectivity index (χ2n) is 7.92. The van der Waals surface area contributed by atoms with Crippen LogP contribution in [0, 0.1) is 17.8 Å². The van der Waals surface area contributed by atoms with E-state index in [0.29, 0.717) is 11.8 Å². The Hall–Kier alpha value is -1.14. The van der Waals surface area contributed by atoms with Crippen LogP contribution >= 0.6 is 0 Å². The fraction of sp³-hybridized carbons (Fsp3) is 0.895. The summed E-state index contributed by atoms with van der Waals surface area (Å²) in [5.41, 5.74) is 0. The minimum Gasteiger partial charge on any atom is -0.383 e. The zero-order valence-electron chi connectivity index (χ0n) is 15.5. The van der Waals surface area contributed by atoms with Crippen LogP contribution in [0.3, 0.4) is 0 Å². The number of likely N-dealkylation sites (tertiary alicyclic amines) is 2. The number of carbonyl (C=O) groups is 2. The summed E-state index contributed by atoms with van der Waals surface area (Å²) < 4.78 is 5.13. The molecular weight excluding hydrogens is 318 g/mol. The van der Waals surface area contributed by atoms with E-state index >= 15 is 0 Å². The molecule has 142 valence electrons. The molecule has 0 aromatic rings. The van der Waals surface area contributed by atoms with Gasteiger partial charge in [-0.1, -0.05) is 6.42 Å². The topological polar surface area (TPSA) is 61.9 Å². The Bertz CT molecular complexity index is 459. The van der Waals surface area contributed by atoms with Crippen LogP contribution < -0.4 is 5.32 Å². The number of piperidine rings is 1. The van der Waals surface area contributed by atoms with Crippen molar-refractivity contribution in [1.29, 1.82) is 0 Å². The molecule has 0 unspecified atom stereocenters. The van der Waals surface area contributed by atoms with E-state index < -0.39 is 0 Å². The molecule has 1 atom stereocenters. The molecule has 1 saturated carbocycles. The third kappa shape index (κ3) is 4.94. The molecule has 6 nitrogen and oxygen atoms in total. The number of hydrogen-bond donors (Lipinski definition) is 1. The summed E-state index contributed by atoms with van der Waals surface area (Å²) in [5, 5.41) is 3.16. The number of hydrogen-bond acceptors (Lipinski definition) is 4. The van der Waals surface area contributed by atoms with Gasteiger partial charge in [-0.15, -0.1) is 0 Å². The molecule has 3 fully saturated rings. The van der Waals surface area contributed by atoms with Crippen molar-refractivity contribution in [2.45, 2.75) is 38.5 Å². The maximum absolute atomic E-state index is 12.4. The molecule has 2 aliphatic heterocycles.